The summed E-state index contributed by atoms with van der Waals surface area (Å²) in [5.41, 5.74) is 2.67. The molecule has 0 spiro atoms. The molecule has 2 aliphatic heterocycles. The first-order chi connectivity index (χ1) is 17.2. The Balaban J connectivity index is 1.14. The molecule has 9 nitrogen and oxygen atoms in total. The third-order valence-electron chi connectivity index (χ3n) is 6.22. The largest absolute Gasteiger partial charge is 0.373 e. The van der Waals surface area contributed by atoms with E-state index in [4.69, 9.17) is 9.47 Å². The molecule has 35 heavy (non-hydrogen) atoms. The van der Waals surface area contributed by atoms with Crippen molar-refractivity contribution in [3.63, 3.8) is 0 Å². The number of anilines is 4. The van der Waals surface area contributed by atoms with Crippen LogP contribution in [0.3, 0.4) is 0 Å². The lowest BCUT2D eigenvalue weighted by Crippen LogP contribution is -2.38. The highest BCUT2D eigenvalue weighted by molar-refractivity contribution is 5.94. The first-order valence-corrected chi connectivity index (χ1v) is 12.1. The van der Waals surface area contributed by atoms with Crippen LogP contribution < -0.4 is 15.5 Å². The van der Waals surface area contributed by atoms with E-state index in [2.05, 4.69) is 42.6 Å². The van der Waals surface area contributed by atoms with E-state index in [1.54, 1.807) is 0 Å². The molecule has 182 valence electrons. The Morgan fingerprint density at radius 3 is 2.66 bits per heavy atom. The van der Waals surface area contributed by atoms with Crippen LogP contribution in [0.2, 0.25) is 0 Å². The smallest absolute Gasteiger partial charge is 0.253 e. The summed E-state index contributed by atoms with van der Waals surface area (Å²) in [4.78, 5) is 27.8. The number of hydrogen-bond donors (Lipinski definition) is 2. The number of nitrogens with zero attached hydrogens (tertiary/aromatic N) is 4. The average Bonchev–Trinajstić information content (AvgIpc) is 3.44. The standard InChI is InChI=1S/C26H30N6O3/c33-24(23-10-5-15-34-23)29-20-8-4-9-21(16-20)30-25-27-18-28-26(31-25)32-13-11-22(12-14-32)35-17-19-6-2-1-3-7-19/h1-4,6-9,16,18,22-23H,5,10-15,17H2,(H,29,33)(H,27,28,30,31)/t23-/m1/s1. The minimum Gasteiger partial charge on any atom is -0.373 e. The normalized spacial score (nSPS) is 18.4. The predicted octanol–water partition coefficient (Wildman–Crippen LogP) is 3.92. The Kier molecular flexibility index (Phi) is 7.45. The van der Waals surface area contributed by atoms with Crippen molar-refractivity contribution in [3.8, 4) is 0 Å². The van der Waals surface area contributed by atoms with Crippen LogP contribution in [-0.2, 0) is 20.9 Å². The van der Waals surface area contributed by atoms with E-state index in [0.29, 0.717) is 30.8 Å². The number of ether oxygens (including phenoxy) is 2. The molecule has 0 radical (unpaired) electrons. The molecule has 0 aliphatic carbocycles. The summed E-state index contributed by atoms with van der Waals surface area (Å²) in [6.07, 6.45) is 4.91. The maximum Gasteiger partial charge on any atom is 0.253 e. The maximum absolute atomic E-state index is 12.3. The van der Waals surface area contributed by atoms with Gasteiger partial charge in [-0.1, -0.05) is 36.4 Å². The van der Waals surface area contributed by atoms with Crippen molar-refractivity contribution in [3.05, 3.63) is 66.5 Å². The Bertz CT molecular complexity index is 1110. The molecule has 3 heterocycles. The summed E-state index contributed by atoms with van der Waals surface area (Å²) in [7, 11) is 0. The molecular formula is C26H30N6O3. The minimum atomic E-state index is -0.370. The lowest BCUT2D eigenvalue weighted by Gasteiger charge is -2.31. The number of carbonyl (C=O) groups is 1. The highest BCUT2D eigenvalue weighted by atomic mass is 16.5. The van der Waals surface area contributed by atoms with Gasteiger partial charge in [0.15, 0.2) is 0 Å². The second-order valence-electron chi connectivity index (χ2n) is 8.79. The molecule has 2 aromatic carbocycles. The van der Waals surface area contributed by atoms with Gasteiger partial charge in [0.25, 0.3) is 5.91 Å². The molecule has 0 saturated carbocycles. The number of rotatable bonds is 8. The lowest BCUT2D eigenvalue weighted by atomic mass is 10.1. The number of benzene rings is 2. The molecule has 2 aliphatic rings. The molecule has 2 saturated heterocycles. The summed E-state index contributed by atoms with van der Waals surface area (Å²) in [6.45, 7) is 2.93. The molecule has 9 heteroatoms. The SMILES string of the molecule is O=C(Nc1cccc(Nc2ncnc(N3CCC(OCc4ccccc4)CC3)n2)c1)[C@H]1CCCO1. The molecule has 0 unspecified atom stereocenters. The fourth-order valence-corrected chi connectivity index (χ4v) is 4.32. The molecule has 0 bridgehead atoms. The third kappa shape index (κ3) is 6.32. The molecule has 3 aromatic rings. The summed E-state index contributed by atoms with van der Waals surface area (Å²) in [5.74, 6) is 0.991. The van der Waals surface area contributed by atoms with E-state index in [0.717, 1.165) is 44.5 Å². The Morgan fingerprint density at radius 1 is 1.03 bits per heavy atom. The van der Waals surface area contributed by atoms with Gasteiger partial charge in [-0.3, -0.25) is 4.79 Å². The Morgan fingerprint density at radius 2 is 1.86 bits per heavy atom. The highest BCUT2D eigenvalue weighted by Crippen LogP contribution is 2.23. The van der Waals surface area contributed by atoms with E-state index in [1.807, 2.05) is 42.5 Å². The van der Waals surface area contributed by atoms with Gasteiger partial charge in [-0.25, -0.2) is 9.97 Å². The van der Waals surface area contributed by atoms with Crippen LogP contribution in [-0.4, -0.2) is 52.8 Å². The minimum absolute atomic E-state index is 0.113. The quantitative estimate of drug-likeness (QED) is 0.507. The molecular weight excluding hydrogens is 444 g/mol. The van der Waals surface area contributed by atoms with E-state index >= 15 is 0 Å². The molecule has 1 aromatic heterocycles. The number of aromatic nitrogens is 3. The number of amides is 1. The van der Waals surface area contributed by atoms with Crippen molar-refractivity contribution in [2.24, 2.45) is 0 Å². The van der Waals surface area contributed by atoms with Crippen molar-refractivity contribution in [2.75, 3.05) is 35.2 Å². The zero-order chi connectivity index (χ0) is 23.9. The second-order valence-corrected chi connectivity index (χ2v) is 8.79. The first-order valence-electron chi connectivity index (χ1n) is 12.1. The van der Waals surface area contributed by atoms with Gasteiger partial charge in [-0.05, 0) is 49.4 Å². The van der Waals surface area contributed by atoms with Gasteiger partial charge in [-0.2, -0.15) is 4.98 Å². The van der Waals surface area contributed by atoms with Crippen molar-refractivity contribution >= 4 is 29.2 Å². The van der Waals surface area contributed by atoms with Crippen LogP contribution in [0.25, 0.3) is 0 Å². The first kappa shape index (κ1) is 23.2. The average molecular weight is 475 g/mol. The third-order valence-corrected chi connectivity index (χ3v) is 6.22. The predicted molar refractivity (Wildman–Crippen MR) is 134 cm³/mol. The van der Waals surface area contributed by atoms with Crippen LogP contribution >= 0.6 is 0 Å². The molecule has 2 fully saturated rings. The highest BCUT2D eigenvalue weighted by Gasteiger charge is 2.24. The van der Waals surface area contributed by atoms with Gasteiger partial charge in [-0.15, -0.1) is 0 Å². The van der Waals surface area contributed by atoms with Crippen LogP contribution in [0, 0.1) is 0 Å². The monoisotopic (exact) mass is 474 g/mol. The van der Waals surface area contributed by atoms with Gasteiger partial charge in [0, 0.05) is 31.1 Å². The van der Waals surface area contributed by atoms with Gasteiger partial charge < -0.3 is 25.0 Å². The summed E-state index contributed by atoms with van der Waals surface area (Å²) in [5, 5.41) is 6.14. The van der Waals surface area contributed by atoms with Crippen molar-refractivity contribution < 1.29 is 14.3 Å². The second kappa shape index (κ2) is 11.2. The van der Waals surface area contributed by atoms with Gasteiger partial charge in [0.1, 0.15) is 12.4 Å². The van der Waals surface area contributed by atoms with Crippen LogP contribution in [0.15, 0.2) is 60.9 Å². The zero-order valence-corrected chi connectivity index (χ0v) is 19.6. The van der Waals surface area contributed by atoms with Crippen LogP contribution in [0.4, 0.5) is 23.3 Å². The van der Waals surface area contributed by atoms with E-state index in [9.17, 15) is 4.79 Å². The summed E-state index contributed by atoms with van der Waals surface area (Å²) >= 11 is 0. The van der Waals surface area contributed by atoms with Gasteiger partial charge >= 0.3 is 0 Å². The van der Waals surface area contributed by atoms with Crippen molar-refractivity contribution in [1.29, 1.82) is 0 Å². The van der Waals surface area contributed by atoms with Gasteiger partial charge in [0.05, 0.1) is 12.7 Å². The van der Waals surface area contributed by atoms with E-state index in [1.165, 1.54) is 11.9 Å². The molecule has 5 rings (SSSR count). The van der Waals surface area contributed by atoms with Crippen molar-refractivity contribution in [1.82, 2.24) is 15.0 Å². The fraction of sp³-hybridized carbons (Fsp3) is 0.385. The molecule has 1 amide bonds. The topological polar surface area (TPSA) is 102 Å². The van der Waals surface area contributed by atoms with E-state index < -0.39 is 0 Å². The lowest BCUT2D eigenvalue weighted by molar-refractivity contribution is -0.124. The molecule has 1 atom stereocenters. The van der Waals surface area contributed by atoms with Crippen LogP contribution in [0.5, 0.6) is 0 Å². The Hall–Kier alpha value is -3.56. The summed E-state index contributed by atoms with van der Waals surface area (Å²) < 4.78 is 11.6. The maximum atomic E-state index is 12.3. The zero-order valence-electron chi connectivity index (χ0n) is 19.6. The number of piperidine rings is 1. The number of nitrogens with one attached hydrogen (secondary N) is 2. The molecule has 2 N–H and O–H groups in total. The Labute approximate surface area is 204 Å². The van der Waals surface area contributed by atoms with E-state index in [-0.39, 0.29) is 18.1 Å². The number of hydrogen-bond acceptors (Lipinski definition) is 8. The van der Waals surface area contributed by atoms with Gasteiger partial charge in [0.2, 0.25) is 11.9 Å². The number of carbonyl (C=O) groups excluding carboxylic acids is 1. The summed E-state index contributed by atoms with van der Waals surface area (Å²) in [6, 6.07) is 17.7. The van der Waals surface area contributed by atoms with Crippen LogP contribution in [0.1, 0.15) is 31.2 Å². The fourth-order valence-electron chi connectivity index (χ4n) is 4.32. The van der Waals surface area contributed by atoms with Crippen molar-refractivity contribution in [2.45, 2.75) is 44.5 Å².